The summed E-state index contributed by atoms with van der Waals surface area (Å²) in [6.45, 7) is 11.8. The van der Waals surface area contributed by atoms with Gasteiger partial charge in [0.1, 0.15) is 12.4 Å². The number of ether oxygens (including phenoxy) is 2. The molecule has 0 bridgehead atoms. The van der Waals surface area contributed by atoms with Crippen LogP contribution in [0.4, 0.5) is 0 Å². The van der Waals surface area contributed by atoms with Crippen molar-refractivity contribution >= 4 is 5.91 Å². The minimum atomic E-state index is 0.121. The van der Waals surface area contributed by atoms with E-state index in [9.17, 15) is 4.79 Å². The van der Waals surface area contributed by atoms with Crippen molar-refractivity contribution in [2.24, 2.45) is 0 Å². The predicted octanol–water partition coefficient (Wildman–Crippen LogP) is 4.52. The Bertz CT molecular complexity index is 887. The van der Waals surface area contributed by atoms with Crippen LogP contribution in [0.15, 0.2) is 36.4 Å². The molecule has 174 valence electrons. The maximum atomic E-state index is 12.5. The molecule has 5 heteroatoms. The molecular weight excluding hydrogens is 400 g/mol. The number of carbonyl (C=O) groups excluding carboxylic acids is 1. The van der Waals surface area contributed by atoms with Crippen molar-refractivity contribution in [2.75, 3.05) is 33.4 Å². The summed E-state index contributed by atoms with van der Waals surface area (Å²) in [6, 6.07) is 13.1. The van der Waals surface area contributed by atoms with Crippen molar-refractivity contribution in [1.29, 1.82) is 0 Å². The molecule has 1 aliphatic heterocycles. The highest BCUT2D eigenvalue weighted by Gasteiger charge is 2.26. The topological polar surface area (TPSA) is 50.8 Å². The molecule has 5 nitrogen and oxygen atoms in total. The molecule has 3 rings (SSSR count). The molecule has 0 spiro atoms. The van der Waals surface area contributed by atoms with Gasteiger partial charge in [0.05, 0.1) is 13.0 Å². The van der Waals surface area contributed by atoms with Crippen LogP contribution in [-0.4, -0.2) is 50.3 Å². The highest BCUT2D eigenvalue weighted by Crippen LogP contribution is 2.32. The van der Waals surface area contributed by atoms with Crippen LogP contribution < -0.4 is 10.1 Å². The number of carbonyl (C=O) groups is 1. The Labute approximate surface area is 193 Å². The summed E-state index contributed by atoms with van der Waals surface area (Å²) >= 11 is 0. The third kappa shape index (κ3) is 6.33. The lowest BCUT2D eigenvalue weighted by Gasteiger charge is -2.37. The number of aryl methyl sites for hydroxylation is 1. The van der Waals surface area contributed by atoms with Crippen LogP contribution in [0.25, 0.3) is 0 Å². The second-order valence-electron chi connectivity index (χ2n) is 8.96. The Morgan fingerprint density at radius 1 is 1.03 bits per heavy atom. The molecule has 1 aliphatic rings. The van der Waals surface area contributed by atoms with Crippen LogP contribution in [0.2, 0.25) is 0 Å². The van der Waals surface area contributed by atoms with Gasteiger partial charge in [-0.15, -0.1) is 0 Å². The van der Waals surface area contributed by atoms with Crippen molar-refractivity contribution in [1.82, 2.24) is 10.2 Å². The molecule has 1 atom stereocenters. The first-order valence-electron chi connectivity index (χ1n) is 11.7. The maximum Gasteiger partial charge on any atom is 0.224 e. The molecule has 1 heterocycles. The van der Waals surface area contributed by atoms with Gasteiger partial charge in [-0.2, -0.15) is 0 Å². The molecule has 1 saturated heterocycles. The quantitative estimate of drug-likeness (QED) is 0.585. The Kier molecular flexibility index (Phi) is 8.71. The van der Waals surface area contributed by atoms with E-state index in [0.717, 1.165) is 37.2 Å². The lowest BCUT2D eigenvalue weighted by Crippen LogP contribution is -2.45. The first kappa shape index (κ1) is 24.3. The van der Waals surface area contributed by atoms with Crippen LogP contribution >= 0.6 is 0 Å². The van der Waals surface area contributed by atoms with Crippen molar-refractivity contribution < 1.29 is 14.3 Å². The minimum Gasteiger partial charge on any atom is -0.491 e. The largest absolute Gasteiger partial charge is 0.491 e. The molecule has 32 heavy (non-hydrogen) atoms. The Morgan fingerprint density at radius 2 is 1.72 bits per heavy atom. The number of methoxy groups -OCH3 is 1. The van der Waals surface area contributed by atoms with E-state index in [1.165, 1.54) is 22.3 Å². The highest BCUT2D eigenvalue weighted by molar-refractivity contribution is 5.78. The van der Waals surface area contributed by atoms with Crippen LogP contribution in [0.5, 0.6) is 5.75 Å². The third-order valence-corrected chi connectivity index (χ3v) is 6.70. The van der Waals surface area contributed by atoms with Gasteiger partial charge in [0.25, 0.3) is 0 Å². The first-order valence-corrected chi connectivity index (χ1v) is 11.7. The number of hydrogen-bond donors (Lipinski definition) is 1. The van der Waals surface area contributed by atoms with E-state index >= 15 is 0 Å². The number of nitrogens with zero attached hydrogens (tertiary/aromatic N) is 1. The van der Waals surface area contributed by atoms with Crippen LogP contribution in [0, 0.1) is 20.8 Å². The van der Waals surface area contributed by atoms with E-state index < -0.39 is 0 Å². The molecule has 0 radical (unpaired) electrons. The number of likely N-dealkylation sites (tertiary alicyclic amines) is 1. The van der Waals surface area contributed by atoms with Gasteiger partial charge in [-0.05, 0) is 68.9 Å². The summed E-state index contributed by atoms with van der Waals surface area (Å²) < 4.78 is 10.9. The van der Waals surface area contributed by atoms with Crippen LogP contribution in [0.1, 0.15) is 53.6 Å². The number of amides is 1. The average Bonchev–Trinajstić information content (AvgIpc) is 2.78. The second-order valence-corrected chi connectivity index (χ2v) is 8.96. The third-order valence-electron chi connectivity index (χ3n) is 6.70. The molecule has 2 aromatic rings. The van der Waals surface area contributed by atoms with E-state index in [-0.39, 0.29) is 11.9 Å². The summed E-state index contributed by atoms with van der Waals surface area (Å²) in [4.78, 5) is 15.0. The van der Waals surface area contributed by atoms with Gasteiger partial charge < -0.3 is 14.8 Å². The van der Waals surface area contributed by atoms with E-state index in [1.807, 2.05) is 12.1 Å². The molecule has 0 aromatic heterocycles. The van der Waals surface area contributed by atoms with Crippen LogP contribution in [-0.2, 0) is 16.0 Å². The minimum absolute atomic E-state index is 0.121. The van der Waals surface area contributed by atoms with Gasteiger partial charge in [-0.3, -0.25) is 9.69 Å². The van der Waals surface area contributed by atoms with Gasteiger partial charge in [0, 0.05) is 32.3 Å². The van der Waals surface area contributed by atoms with E-state index in [4.69, 9.17) is 9.47 Å². The summed E-state index contributed by atoms with van der Waals surface area (Å²) in [5, 5.41) is 3.24. The van der Waals surface area contributed by atoms with Gasteiger partial charge >= 0.3 is 0 Å². The molecule has 1 N–H and O–H groups in total. The second kappa shape index (κ2) is 11.5. The number of hydrogen-bond acceptors (Lipinski definition) is 4. The Hall–Kier alpha value is -2.37. The fourth-order valence-electron chi connectivity index (χ4n) is 4.46. The summed E-state index contributed by atoms with van der Waals surface area (Å²) in [7, 11) is 1.69. The molecule has 1 fully saturated rings. The average molecular weight is 439 g/mol. The van der Waals surface area contributed by atoms with Crippen molar-refractivity contribution in [3.63, 3.8) is 0 Å². The van der Waals surface area contributed by atoms with Crippen molar-refractivity contribution in [2.45, 2.75) is 59.0 Å². The SMILES string of the molecule is COCCOc1ccc(C(C)N2CCC(NC(=O)Cc3ccc(C)cc3)CC2)c(C)c1C. The molecule has 1 amide bonds. The maximum absolute atomic E-state index is 12.5. The summed E-state index contributed by atoms with van der Waals surface area (Å²) in [5.41, 5.74) is 6.13. The van der Waals surface area contributed by atoms with Gasteiger partial charge in [0.2, 0.25) is 5.91 Å². The summed E-state index contributed by atoms with van der Waals surface area (Å²) in [5.74, 6) is 1.06. The smallest absolute Gasteiger partial charge is 0.224 e. The Morgan fingerprint density at radius 3 is 2.38 bits per heavy atom. The number of rotatable bonds is 9. The van der Waals surface area contributed by atoms with Gasteiger partial charge in [-0.25, -0.2) is 0 Å². The van der Waals surface area contributed by atoms with Gasteiger partial charge in [0.15, 0.2) is 0 Å². The van der Waals surface area contributed by atoms with E-state index in [0.29, 0.717) is 25.7 Å². The fourth-order valence-corrected chi connectivity index (χ4v) is 4.46. The lowest BCUT2D eigenvalue weighted by molar-refractivity contribution is -0.121. The lowest BCUT2D eigenvalue weighted by atomic mass is 9.94. The standard InChI is InChI=1S/C27H38N2O3/c1-19-6-8-23(9-7-19)18-27(30)28-24-12-14-29(15-13-24)22(4)25-10-11-26(21(3)20(25)2)32-17-16-31-5/h6-11,22,24H,12-18H2,1-5H3,(H,28,30). The molecule has 0 saturated carbocycles. The zero-order chi connectivity index (χ0) is 23.1. The first-order chi connectivity index (χ1) is 15.4. The number of nitrogens with one attached hydrogen (secondary N) is 1. The fraction of sp³-hybridized carbons (Fsp3) is 0.519. The molecular formula is C27H38N2O3. The molecule has 1 unspecified atom stereocenters. The van der Waals surface area contributed by atoms with E-state index in [1.54, 1.807) is 7.11 Å². The predicted molar refractivity (Wildman–Crippen MR) is 129 cm³/mol. The zero-order valence-electron chi connectivity index (χ0n) is 20.2. The Balaban J connectivity index is 1.51. The summed E-state index contributed by atoms with van der Waals surface area (Å²) in [6.07, 6.45) is 2.43. The van der Waals surface area contributed by atoms with Crippen molar-refractivity contribution in [3.05, 3.63) is 64.2 Å². The monoisotopic (exact) mass is 438 g/mol. The molecule has 0 aliphatic carbocycles. The highest BCUT2D eigenvalue weighted by atomic mass is 16.5. The van der Waals surface area contributed by atoms with E-state index in [2.05, 4.69) is 62.2 Å². The number of piperidine rings is 1. The normalized spacial score (nSPS) is 16.0. The number of benzene rings is 2. The van der Waals surface area contributed by atoms with Crippen LogP contribution in [0.3, 0.4) is 0 Å². The van der Waals surface area contributed by atoms with Gasteiger partial charge in [-0.1, -0.05) is 35.9 Å². The van der Waals surface area contributed by atoms with Crippen molar-refractivity contribution in [3.8, 4) is 5.75 Å². The zero-order valence-corrected chi connectivity index (χ0v) is 20.2. The molecule has 2 aromatic carbocycles.